The van der Waals surface area contributed by atoms with Crippen molar-refractivity contribution in [1.29, 1.82) is 0 Å². The summed E-state index contributed by atoms with van der Waals surface area (Å²) >= 11 is 0. The third-order valence-electron chi connectivity index (χ3n) is 4.59. The normalized spacial score (nSPS) is 13.8. The van der Waals surface area contributed by atoms with Crippen molar-refractivity contribution in [3.8, 4) is 5.75 Å². The first-order valence-electron chi connectivity index (χ1n) is 8.63. The molecule has 1 fully saturated rings. The largest absolute Gasteiger partial charge is 0.496 e. The molecule has 5 nitrogen and oxygen atoms in total. The van der Waals surface area contributed by atoms with Gasteiger partial charge in [0.2, 0.25) is 5.91 Å². The molecule has 0 atom stereocenters. The summed E-state index contributed by atoms with van der Waals surface area (Å²) in [5, 5.41) is 2.86. The van der Waals surface area contributed by atoms with Gasteiger partial charge in [-0.05, 0) is 36.2 Å². The average Bonchev–Trinajstić information content (AvgIpc) is 2.63. The highest BCUT2D eigenvalue weighted by atomic mass is 19.2. The molecular formula is C20H20F2N2O3. The number of para-hydroxylation sites is 1. The number of likely N-dealkylation sites (tertiary alicyclic amines) is 1. The molecule has 7 heteroatoms. The summed E-state index contributed by atoms with van der Waals surface area (Å²) in [6, 6.07) is 10.6. The highest BCUT2D eigenvalue weighted by Crippen LogP contribution is 2.21. The van der Waals surface area contributed by atoms with Gasteiger partial charge in [-0.1, -0.05) is 18.2 Å². The third kappa shape index (κ3) is 4.24. The molecule has 2 amide bonds. The van der Waals surface area contributed by atoms with Crippen LogP contribution < -0.4 is 10.1 Å². The summed E-state index contributed by atoms with van der Waals surface area (Å²) in [5.74, 6) is -2.11. The second kappa shape index (κ2) is 8.16. The minimum absolute atomic E-state index is 0.0731. The Hall–Kier alpha value is -2.96. The second-order valence-corrected chi connectivity index (χ2v) is 6.39. The zero-order valence-corrected chi connectivity index (χ0v) is 14.9. The lowest BCUT2D eigenvalue weighted by atomic mass is 9.97. The molecule has 0 aliphatic carbocycles. The Labute approximate surface area is 155 Å². The van der Waals surface area contributed by atoms with Crippen LogP contribution in [0.4, 0.5) is 8.78 Å². The van der Waals surface area contributed by atoms with Crippen LogP contribution in [0.15, 0.2) is 42.5 Å². The molecule has 3 rings (SSSR count). The first kappa shape index (κ1) is 18.8. The number of carbonyl (C=O) groups excluding carboxylic acids is 2. The molecule has 0 saturated carbocycles. The molecule has 0 radical (unpaired) electrons. The fourth-order valence-corrected chi connectivity index (χ4v) is 3.00. The lowest BCUT2D eigenvalue weighted by Gasteiger charge is -2.38. The Kier molecular flexibility index (Phi) is 5.69. The minimum Gasteiger partial charge on any atom is -0.496 e. The van der Waals surface area contributed by atoms with Crippen molar-refractivity contribution in [3.63, 3.8) is 0 Å². The van der Waals surface area contributed by atoms with Crippen molar-refractivity contribution < 1.29 is 23.1 Å². The number of rotatable bonds is 6. The van der Waals surface area contributed by atoms with Gasteiger partial charge in [0.15, 0.2) is 11.6 Å². The van der Waals surface area contributed by atoms with Crippen LogP contribution in [0, 0.1) is 17.6 Å². The van der Waals surface area contributed by atoms with Crippen LogP contribution in [-0.4, -0.2) is 43.5 Å². The van der Waals surface area contributed by atoms with E-state index in [-0.39, 0.29) is 30.5 Å². The monoisotopic (exact) mass is 374 g/mol. The molecule has 0 aromatic heterocycles. The van der Waals surface area contributed by atoms with Crippen LogP contribution in [0.1, 0.15) is 15.9 Å². The topological polar surface area (TPSA) is 58.6 Å². The summed E-state index contributed by atoms with van der Waals surface area (Å²) in [7, 11) is 1.60. The predicted molar refractivity (Wildman–Crippen MR) is 95.5 cm³/mol. The Morgan fingerprint density at radius 1 is 1.15 bits per heavy atom. The van der Waals surface area contributed by atoms with Crippen LogP contribution >= 0.6 is 0 Å². The second-order valence-electron chi connectivity index (χ2n) is 6.39. The fourth-order valence-electron chi connectivity index (χ4n) is 3.00. The van der Waals surface area contributed by atoms with Gasteiger partial charge in [0.25, 0.3) is 5.91 Å². The Morgan fingerprint density at radius 2 is 1.89 bits per heavy atom. The number of nitrogens with one attached hydrogen (secondary N) is 1. The van der Waals surface area contributed by atoms with Gasteiger partial charge in [0, 0.05) is 25.2 Å². The van der Waals surface area contributed by atoms with Gasteiger partial charge in [-0.2, -0.15) is 0 Å². The molecule has 2 aromatic carbocycles. The van der Waals surface area contributed by atoms with Crippen LogP contribution in [0.25, 0.3) is 0 Å². The van der Waals surface area contributed by atoms with Crippen LogP contribution in [0.3, 0.4) is 0 Å². The highest BCUT2D eigenvalue weighted by molar-refractivity contribution is 5.96. The Balaban J connectivity index is 1.45. The van der Waals surface area contributed by atoms with Gasteiger partial charge >= 0.3 is 0 Å². The molecule has 0 bridgehead atoms. The maximum Gasteiger partial charge on any atom is 0.254 e. The van der Waals surface area contributed by atoms with Crippen molar-refractivity contribution in [3.05, 3.63) is 65.2 Å². The van der Waals surface area contributed by atoms with E-state index in [1.165, 1.54) is 11.0 Å². The molecule has 142 valence electrons. The van der Waals surface area contributed by atoms with E-state index in [0.29, 0.717) is 13.0 Å². The lowest BCUT2D eigenvalue weighted by molar-refractivity contribution is -0.128. The molecule has 27 heavy (non-hydrogen) atoms. The van der Waals surface area contributed by atoms with Gasteiger partial charge in [-0.15, -0.1) is 0 Å². The van der Waals surface area contributed by atoms with Crippen LogP contribution in [0.5, 0.6) is 5.75 Å². The summed E-state index contributed by atoms with van der Waals surface area (Å²) in [6.07, 6.45) is 0.639. The highest BCUT2D eigenvalue weighted by Gasteiger charge is 2.36. The molecule has 0 spiro atoms. The third-order valence-corrected chi connectivity index (χ3v) is 4.59. The number of amides is 2. The van der Waals surface area contributed by atoms with E-state index < -0.39 is 17.5 Å². The molecular weight excluding hydrogens is 354 g/mol. The summed E-state index contributed by atoms with van der Waals surface area (Å²) in [4.78, 5) is 25.8. The first-order valence-corrected chi connectivity index (χ1v) is 8.63. The van der Waals surface area contributed by atoms with Crippen molar-refractivity contribution in [2.24, 2.45) is 5.92 Å². The lowest BCUT2D eigenvalue weighted by Crippen LogP contribution is -2.55. The maximum atomic E-state index is 13.2. The van der Waals surface area contributed by atoms with Crippen molar-refractivity contribution in [2.75, 3.05) is 26.7 Å². The number of hydrogen-bond donors (Lipinski definition) is 1. The van der Waals surface area contributed by atoms with Crippen molar-refractivity contribution in [1.82, 2.24) is 10.2 Å². The molecule has 1 saturated heterocycles. The summed E-state index contributed by atoms with van der Waals surface area (Å²) in [6.45, 7) is 0.990. The number of benzene rings is 2. The number of nitrogens with zero attached hydrogens (tertiary/aromatic N) is 1. The van der Waals surface area contributed by atoms with Crippen LogP contribution in [0.2, 0.25) is 0 Å². The Bertz CT molecular complexity index is 851. The zero-order chi connectivity index (χ0) is 19.4. The molecule has 1 N–H and O–H groups in total. The number of methoxy groups -OCH3 is 1. The average molecular weight is 374 g/mol. The Morgan fingerprint density at radius 3 is 2.59 bits per heavy atom. The SMILES string of the molecule is COc1ccccc1CCNC(=O)C1CN(C(=O)c2ccc(F)c(F)c2)C1. The number of hydrogen-bond acceptors (Lipinski definition) is 3. The number of ether oxygens (including phenoxy) is 1. The van der Waals surface area contributed by atoms with Crippen molar-refractivity contribution in [2.45, 2.75) is 6.42 Å². The smallest absolute Gasteiger partial charge is 0.254 e. The van der Waals surface area contributed by atoms with E-state index in [9.17, 15) is 18.4 Å². The summed E-state index contributed by atoms with van der Waals surface area (Å²) in [5.41, 5.74) is 1.08. The first-order chi connectivity index (χ1) is 13.0. The number of carbonyl (C=O) groups is 2. The van der Waals surface area contributed by atoms with E-state index in [1.807, 2.05) is 24.3 Å². The fraction of sp³-hybridized carbons (Fsp3) is 0.300. The standard InChI is InChI=1S/C20H20F2N2O3/c1-27-18-5-3-2-4-13(18)8-9-23-19(25)15-11-24(12-15)20(26)14-6-7-16(21)17(22)10-14/h2-7,10,15H,8-9,11-12H2,1H3,(H,23,25). The van der Waals surface area contributed by atoms with Gasteiger partial charge in [-0.3, -0.25) is 9.59 Å². The van der Waals surface area contributed by atoms with E-state index in [4.69, 9.17) is 4.74 Å². The maximum absolute atomic E-state index is 13.2. The molecule has 1 aliphatic heterocycles. The number of halogens is 2. The summed E-state index contributed by atoms with van der Waals surface area (Å²) < 4.78 is 31.5. The van der Waals surface area contributed by atoms with Gasteiger partial charge < -0.3 is 15.0 Å². The van der Waals surface area contributed by atoms with Gasteiger partial charge in [0.1, 0.15) is 5.75 Å². The van der Waals surface area contributed by atoms with Gasteiger partial charge in [-0.25, -0.2) is 8.78 Å². The molecule has 0 unspecified atom stereocenters. The zero-order valence-electron chi connectivity index (χ0n) is 14.9. The van der Waals surface area contributed by atoms with Gasteiger partial charge in [0.05, 0.1) is 13.0 Å². The van der Waals surface area contributed by atoms with E-state index in [1.54, 1.807) is 7.11 Å². The van der Waals surface area contributed by atoms with Crippen molar-refractivity contribution >= 4 is 11.8 Å². The van der Waals surface area contributed by atoms with E-state index in [2.05, 4.69) is 5.32 Å². The molecule has 2 aromatic rings. The molecule has 1 aliphatic rings. The quantitative estimate of drug-likeness (QED) is 0.845. The predicted octanol–water partition coefficient (Wildman–Crippen LogP) is 2.40. The minimum atomic E-state index is -1.06. The van der Waals surface area contributed by atoms with E-state index in [0.717, 1.165) is 23.4 Å². The molecule has 1 heterocycles. The van der Waals surface area contributed by atoms with Crippen LogP contribution in [-0.2, 0) is 11.2 Å². The van der Waals surface area contributed by atoms with E-state index >= 15 is 0 Å².